The molecule has 0 saturated carbocycles. The molecule has 0 radical (unpaired) electrons. The summed E-state index contributed by atoms with van der Waals surface area (Å²) in [5, 5.41) is 2.46. The first kappa shape index (κ1) is 26.4. The number of alkyl halides is 3. The summed E-state index contributed by atoms with van der Waals surface area (Å²) in [6.07, 6.45) is -3.03. The molecule has 0 aliphatic heterocycles. The highest BCUT2D eigenvalue weighted by Gasteiger charge is 2.45. The number of hydrogen-bond donors (Lipinski definition) is 2. The van der Waals surface area contributed by atoms with Gasteiger partial charge in [0.1, 0.15) is 17.7 Å². The Hall–Kier alpha value is -3.68. The third-order valence-electron chi connectivity index (χ3n) is 5.74. The van der Waals surface area contributed by atoms with Gasteiger partial charge in [-0.3, -0.25) is 9.52 Å². The molecule has 198 valence electrons. The van der Waals surface area contributed by atoms with Crippen LogP contribution >= 0.6 is 0 Å². The number of rotatable bonds is 7. The Bertz CT molecular complexity index is 1430. The molecule has 0 spiro atoms. The van der Waals surface area contributed by atoms with Gasteiger partial charge in [0.25, 0.3) is 5.91 Å². The van der Waals surface area contributed by atoms with Gasteiger partial charge in [0.05, 0.1) is 18.2 Å². The largest absolute Gasteiger partial charge is 0.416 e. The van der Waals surface area contributed by atoms with Crippen LogP contribution in [0.15, 0.2) is 41.0 Å². The normalized spacial score (nSPS) is 16.2. The van der Waals surface area contributed by atoms with Crippen molar-refractivity contribution in [3.63, 3.8) is 0 Å². The van der Waals surface area contributed by atoms with Gasteiger partial charge in [-0.05, 0) is 54.7 Å². The van der Waals surface area contributed by atoms with E-state index in [1.54, 1.807) is 4.72 Å². The van der Waals surface area contributed by atoms with Crippen molar-refractivity contribution in [1.82, 2.24) is 10.3 Å². The third kappa shape index (κ3) is 5.84. The van der Waals surface area contributed by atoms with Crippen LogP contribution in [0.4, 0.5) is 27.6 Å². The van der Waals surface area contributed by atoms with Crippen LogP contribution in [0.2, 0.25) is 0 Å². The van der Waals surface area contributed by atoms with Crippen molar-refractivity contribution in [1.29, 1.82) is 0 Å². The number of oxazole rings is 1. The molecule has 3 aromatic rings. The first-order chi connectivity index (χ1) is 17.2. The fraction of sp³-hybridized carbons (Fsp3) is 0.304. The predicted octanol–water partition coefficient (Wildman–Crippen LogP) is 5.20. The molecular weight excluding hydrogens is 525 g/mol. The van der Waals surface area contributed by atoms with Gasteiger partial charge in [0.2, 0.25) is 10.0 Å². The van der Waals surface area contributed by atoms with Gasteiger partial charge < -0.3 is 14.5 Å². The maximum Gasteiger partial charge on any atom is 0.399 e. The van der Waals surface area contributed by atoms with Gasteiger partial charge in [-0.1, -0.05) is 12.1 Å². The van der Waals surface area contributed by atoms with Crippen molar-refractivity contribution in [3.8, 4) is 11.8 Å². The van der Waals surface area contributed by atoms with Crippen LogP contribution in [0.3, 0.4) is 0 Å². The van der Waals surface area contributed by atoms with E-state index >= 15 is 0 Å². The molecule has 14 heteroatoms. The second-order valence-electron chi connectivity index (χ2n) is 8.49. The Balaban J connectivity index is 1.46. The molecule has 1 aliphatic rings. The van der Waals surface area contributed by atoms with Crippen molar-refractivity contribution in [3.05, 3.63) is 70.6 Å². The van der Waals surface area contributed by atoms with E-state index < -0.39 is 51.4 Å². The smallest absolute Gasteiger partial charge is 0.399 e. The lowest BCUT2D eigenvalue weighted by atomic mass is 10.0. The maximum atomic E-state index is 14.3. The van der Waals surface area contributed by atoms with Crippen LogP contribution in [0, 0.1) is 11.6 Å². The number of benzene rings is 2. The summed E-state index contributed by atoms with van der Waals surface area (Å²) in [5.41, 5.74) is -0.613. The zero-order chi connectivity index (χ0) is 27.1. The molecule has 0 bridgehead atoms. The molecule has 2 atom stereocenters. The lowest BCUT2D eigenvalue weighted by Crippen LogP contribution is -2.27. The minimum atomic E-state index is -4.38. The zero-order valence-corrected chi connectivity index (χ0v) is 20.1. The average Bonchev–Trinajstić information content (AvgIpc) is 3.43. The second kappa shape index (κ2) is 9.65. The Labute approximate surface area is 207 Å². The van der Waals surface area contributed by atoms with E-state index in [0.29, 0.717) is 5.56 Å². The summed E-state index contributed by atoms with van der Waals surface area (Å²) in [5.74, 6) is -4.62. The lowest BCUT2D eigenvalue weighted by molar-refractivity contribution is -0.149. The Kier molecular flexibility index (Phi) is 6.88. The Morgan fingerprint density at radius 3 is 2.51 bits per heavy atom. The molecule has 37 heavy (non-hydrogen) atoms. The highest BCUT2D eigenvalue weighted by Crippen LogP contribution is 2.47. The quantitative estimate of drug-likeness (QED) is 0.395. The monoisotopic (exact) mass is 545 g/mol. The molecule has 1 amide bonds. The van der Waals surface area contributed by atoms with Gasteiger partial charge >= 0.3 is 12.3 Å². The molecule has 2 aromatic carbocycles. The average molecular weight is 545 g/mol. The van der Waals surface area contributed by atoms with Crippen LogP contribution in [-0.2, 0) is 16.4 Å². The number of fused-ring (bicyclic) bond motifs is 1. The molecule has 0 saturated heterocycles. The molecule has 1 heterocycles. The molecular formula is C23H20F5N3O5S. The number of nitrogens with zero attached hydrogens (tertiary/aromatic N) is 1. The van der Waals surface area contributed by atoms with Crippen molar-refractivity contribution in [2.24, 2.45) is 0 Å². The number of halogens is 5. The molecule has 2 unspecified atom stereocenters. The fourth-order valence-electron chi connectivity index (χ4n) is 4.04. The minimum Gasteiger partial charge on any atom is -0.416 e. The summed E-state index contributed by atoms with van der Waals surface area (Å²) in [6, 6.07) is 5.08. The van der Waals surface area contributed by atoms with Gasteiger partial charge in [-0.15, -0.1) is 0 Å². The van der Waals surface area contributed by atoms with Crippen LogP contribution in [0.1, 0.15) is 52.5 Å². The summed E-state index contributed by atoms with van der Waals surface area (Å²) in [7, 11) is -3.92. The van der Waals surface area contributed by atoms with Gasteiger partial charge in [-0.2, -0.15) is 18.2 Å². The SMILES string of the molecule is CC(NC(=O)c1coc(Oc2cccc3c2CCC3C(F)(F)F)n1)c1cc(F)c(NS(C)(=O)=O)c(F)c1. The van der Waals surface area contributed by atoms with Gasteiger partial charge in [0, 0.05) is 0 Å². The molecule has 1 aromatic heterocycles. The number of ether oxygens (including phenoxy) is 1. The Morgan fingerprint density at radius 2 is 1.89 bits per heavy atom. The molecule has 0 fully saturated rings. The summed E-state index contributed by atoms with van der Waals surface area (Å²) >= 11 is 0. The predicted molar refractivity (Wildman–Crippen MR) is 121 cm³/mol. The number of aromatic nitrogens is 1. The van der Waals surface area contributed by atoms with E-state index in [1.165, 1.54) is 25.1 Å². The van der Waals surface area contributed by atoms with Crippen LogP contribution < -0.4 is 14.8 Å². The zero-order valence-electron chi connectivity index (χ0n) is 19.3. The Morgan fingerprint density at radius 1 is 1.22 bits per heavy atom. The van der Waals surface area contributed by atoms with Gasteiger partial charge in [0.15, 0.2) is 17.3 Å². The number of carbonyl (C=O) groups is 1. The van der Waals surface area contributed by atoms with E-state index in [-0.39, 0.29) is 41.5 Å². The van der Waals surface area contributed by atoms with Crippen LogP contribution in [0.5, 0.6) is 11.8 Å². The van der Waals surface area contributed by atoms with Crippen LogP contribution in [-0.4, -0.2) is 31.7 Å². The summed E-state index contributed by atoms with van der Waals surface area (Å²) in [4.78, 5) is 16.5. The second-order valence-corrected chi connectivity index (χ2v) is 10.2. The number of carbonyl (C=O) groups excluding carboxylic acids is 1. The molecule has 4 rings (SSSR count). The first-order valence-corrected chi connectivity index (χ1v) is 12.7. The van der Waals surface area contributed by atoms with E-state index in [0.717, 1.165) is 24.7 Å². The van der Waals surface area contributed by atoms with Crippen molar-refractivity contribution in [2.45, 2.75) is 37.9 Å². The lowest BCUT2D eigenvalue weighted by Gasteiger charge is -2.16. The van der Waals surface area contributed by atoms with E-state index in [4.69, 9.17) is 9.15 Å². The number of amides is 1. The number of nitrogens with one attached hydrogen (secondary N) is 2. The summed E-state index contributed by atoms with van der Waals surface area (Å²) in [6.45, 7) is 1.43. The number of sulfonamides is 1. The van der Waals surface area contributed by atoms with Gasteiger partial charge in [-0.25, -0.2) is 17.2 Å². The van der Waals surface area contributed by atoms with E-state index in [9.17, 15) is 35.2 Å². The summed E-state index contributed by atoms with van der Waals surface area (Å²) < 4.78 is 103. The van der Waals surface area contributed by atoms with Crippen LogP contribution in [0.25, 0.3) is 0 Å². The molecule has 8 nitrogen and oxygen atoms in total. The minimum absolute atomic E-state index is 0.00133. The maximum absolute atomic E-state index is 14.3. The molecule has 2 N–H and O–H groups in total. The van der Waals surface area contributed by atoms with Crippen molar-refractivity contribution >= 4 is 21.6 Å². The molecule has 1 aliphatic carbocycles. The number of hydrogen-bond acceptors (Lipinski definition) is 6. The number of anilines is 1. The van der Waals surface area contributed by atoms with E-state index in [2.05, 4.69) is 10.3 Å². The highest BCUT2D eigenvalue weighted by molar-refractivity contribution is 7.92. The van der Waals surface area contributed by atoms with E-state index in [1.807, 2.05) is 0 Å². The van der Waals surface area contributed by atoms with Crippen molar-refractivity contribution < 1.29 is 44.3 Å². The first-order valence-electron chi connectivity index (χ1n) is 10.8. The van der Waals surface area contributed by atoms with Crippen molar-refractivity contribution in [2.75, 3.05) is 11.0 Å². The topological polar surface area (TPSA) is 111 Å². The fourth-order valence-corrected chi connectivity index (χ4v) is 4.60. The standard InChI is InChI=1S/C23H20F5N3O5S/c1-11(12-8-16(24)20(17(25)9-12)31-37(2,33)34)29-21(32)18-10-35-22(30-18)36-19-5-3-4-13-14(19)6-7-15(13)23(26,27)28/h3-5,8-11,15,31H,6-7H2,1-2H3,(H,29,32). The third-order valence-corrected chi connectivity index (χ3v) is 6.31. The highest BCUT2D eigenvalue weighted by atomic mass is 32.2.